The summed E-state index contributed by atoms with van der Waals surface area (Å²) in [6.07, 6.45) is 5.98. The van der Waals surface area contributed by atoms with Crippen LogP contribution in [0.5, 0.6) is 0 Å². The zero-order valence-electron chi connectivity index (χ0n) is 57.8. The number of aliphatic carboxylic acids is 1. The Labute approximate surface area is 572 Å². The molecule has 1 heterocycles. The second-order valence-corrected chi connectivity index (χ2v) is 26.9. The number of carboxylic acid groups (broad SMARTS) is 2. The number of carbonyl (C=O) groups excluding carboxylic acids is 8. The van der Waals surface area contributed by atoms with E-state index in [0.29, 0.717) is 82.9 Å². The first-order chi connectivity index (χ1) is 46.1. The molecule has 1 aromatic heterocycles. The van der Waals surface area contributed by atoms with Gasteiger partial charge in [0, 0.05) is 49.8 Å². The molecule has 0 saturated heterocycles. The van der Waals surface area contributed by atoms with Gasteiger partial charge < -0.3 is 53.0 Å². The van der Waals surface area contributed by atoms with Gasteiger partial charge in [0.05, 0.1) is 24.2 Å². The average molecular weight is 1340 g/mol. The van der Waals surface area contributed by atoms with Crippen LogP contribution in [0, 0.1) is 29.6 Å². The van der Waals surface area contributed by atoms with E-state index in [1.807, 2.05) is 156 Å². The summed E-state index contributed by atoms with van der Waals surface area (Å²) in [4.78, 5) is 134. The Morgan fingerprint density at radius 2 is 0.928 bits per heavy atom. The molecule has 8 atom stereocenters. The van der Waals surface area contributed by atoms with E-state index in [2.05, 4.69) is 31.6 Å². The van der Waals surface area contributed by atoms with E-state index in [0.717, 1.165) is 22.3 Å². The number of hydrogen-bond donors (Lipinski definition) is 9. The fraction of sp³-hybridized carbons (Fsp3) is 0.487. The van der Waals surface area contributed by atoms with Crippen LogP contribution in [0.2, 0.25) is 0 Å². The number of Topliss-reactive ketones (excluding diaryl/α,β-unsaturated/α-hetero) is 3. The number of aryl methyl sites for hydroxylation is 1. The number of unbranched alkanes of at least 4 members (excludes halogenated alkanes) is 2. The maximum atomic E-state index is 14.0. The number of amides is 5. The maximum Gasteiger partial charge on any atom is 0.407 e. The third-order valence-corrected chi connectivity index (χ3v) is 16.2. The van der Waals surface area contributed by atoms with Gasteiger partial charge in [-0.15, -0.1) is 0 Å². The van der Waals surface area contributed by atoms with Crippen molar-refractivity contribution in [1.82, 2.24) is 31.6 Å². The fourth-order valence-corrected chi connectivity index (χ4v) is 11.0. The molecular weight excluding hydrogens is 1230 g/mol. The van der Waals surface area contributed by atoms with Crippen LogP contribution < -0.4 is 38.1 Å². The van der Waals surface area contributed by atoms with Gasteiger partial charge in [0.1, 0.15) is 17.3 Å². The first-order valence-electron chi connectivity index (χ1n) is 33.9. The Kier molecular flexibility index (Phi) is 35.3. The smallest absolute Gasteiger partial charge is 0.407 e. The maximum absolute atomic E-state index is 14.0. The molecule has 11 N–H and O–H groups in total. The molecular formula is C76H104N8O13. The molecule has 21 nitrogen and oxygen atoms in total. The van der Waals surface area contributed by atoms with Gasteiger partial charge in [-0.05, 0) is 157 Å². The summed E-state index contributed by atoms with van der Waals surface area (Å²) in [6, 6.07) is 36.3. The number of ketones is 3. The van der Waals surface area contributed by atoms with Gasteiger partial charge in [0.15, 0.2) is 17.3 Å². The molecule has 97 heavy (non-hydrogen) atoms. The topological polar surface area (TPSA) is 345 Å². The highest BCUT2D eigenvalue weighted by Gasteiger charge is 2.34. The molecule has 4 aromatic carbocycles. The van der Waals surface area contributed by atoms with Crippen molar-refractivity contribution >= 4 is 59.0 Å². The molecule has 0 saturated carbocycles. The highest BCUT2D eigenvalue weighted by Crippen LogP contribution is 2.23. The van der Waals surface area contributed by atoms with Gasteiger partial charge in [-0.25, -0.2) is 19.4 Å². The minimum Gasteiger partial charge on any atom is -0.480 e. The van der Waals surface area contributed by atoms with E-state index < -0.39 is 83.4 Å². The van der Waals surface area contributed by atoms with Crippen molar-refractivity contribution in [2.75, 3.05) is 13.1 Å². The largest absolute Gasteiger partial charge is 0.480 e. The minimum atomic E-state index is -1.17. The number of alkyl carbamates (subject to hydrolysis) is 1. The van der Waals surface area contributed by atoms with Gasteiger partial charge in [-0.2, -0.15) is 0 Å². The Morgan fingerprint density at radius 1 is 0.495 bits per heavy atom. The first-order valence-corrected chi connectivity index (χ1v) is 33.9. The lowest BCUT2D eigenvalue weighted by atomic mass is 9.87. The number of ether oxygens (including phenoxy) is 1. The number of benzene rings is 4. The summed E-state index contributed by atoms with van der Waals surface area (Å²) in [5.41, 5.74) is 15.6. The molecule has 0 spiro atoms. The molecule has 5 aromatic rings. The Hall–Kier alpha value is -8.95. The van der Waals surface area contributed by atoms with E-state index in [4.69, 9.17) is 21.3 Å². The van der Waals surface area contributed by atoms with Crippen molar-refractivity contribution in [3.8, 4) is 0 Å². The Bertz CT molecular complexity index is 3260. The minimum absolute atomic E-state index is 0.0637. The van der Waals surface area contributed by atoms with Crippen LogP contribution in [0.25, 0.3) is 0 Å². The predicted molar refractivity (Wildman–Crippen MR) is 374 cm³/mol. The van der Waals surface area contributed by atoms with Gasteiger partial charge in [0.2, 0.25) is 23.6 Å². The van der Waals surface area contributed by atoms with Crippen molar-refractivity contribution in [3.05, 3.63) is 173 Å². The van der Waals surface area contributed by atoms with Gasteiger partial charge in [0.25, 0.3) is 0 Å². The molecule has 0 unspecified atom stereocenters. The Morgan fingerprint density at radius 3 is 1.36 bits per heavy atom. The molecule has 0 aliphatic heterocycles. The quantitative estimate of drug-likeness (QED) is 0.0165. The standard InChI is InChI=1S/C39H51N5O6.C37H53N3O7/c1-26(2)21-30(37(47)43-32(15-9-10-20-40)35(45)19-17-29-16-18-33(39(49)50)42-25-29)24-36(46)34(23-28-13-7-4-8-14-28)44-38(48)31(41)22-27-11-5-3-6-12-27;1-25(2)21-29(34(43)39-30(35(44)45)19-13-14-20-38-36(46)47-37(4,5)6)24-32(41)31(23-28-17-11-8-12-18-28)40-33(42)26(3)22-27-15-9-7-10-16-27/h3-8,11-14,16,18,25-26,30-32,34H,9-10,15,17,19-24,40-41H2,1-2H3,(H,43,47)(H,44,48)(H,49,50);7-12,15-18,25-26,29-31H,13-14,19-24H2,1-6H3,(H,38,46)(H,39,43)(H,40,42)(H,44,45)/t30-,31+,32+,34+;26-,29+,30-,31-/m01/s1. The summed E-state index contributed by atoms with van der Waals surface area (Å²) < 4.78 is 5.20. The number of carboxylic acids is 2. The molecule has 0 fully saturated rings. The van der Waals surface area contributed by atoms with Crippen LogP contribution in [0.3, 0.4) is 0 Å². The van der Waals surface area contributed by atoms with Crippen LogP contribution in [-0.4, -0.2) is 123 Å². The van der Waals surface area contributed by atoms with Crippen molar-refractivity contribution in [3.63, 3.8) is 0 Å². The summed E-state index contributed by atoms with van der Waals surface area (Å²) in [5.74, 6) is -6.39. The molecule has 0 aliphatic rings. The monoisotopic (exact) mass is 1340 g/mol. The lowest BCUT2D eigenvalue weighted by Gasteiger charge is -2.25. The molecule has 526 valence electrons. The van der Waals surface area contributed by atoms with E-state index in [1.54, 1.807) is 26.8 Å². The SMILES string of the molecule is CC(C)C[C@@H](CC(=O)[C@@H](Cc1ccccc1)NC(=O)[C@H](C)Cc1ccccc1)C(=O)N[C@H](CCCCNC(=O)OC(C)(C)C)C(=O)O.CC(C)C[C@@H](CC(=O)[C@@H](Cc1ccccc1)NC(=O)[C@H](N)Cc1ccccc1)C(=O)N[C@H](CCCCN)C(=O)CCc1ccc(C(=O)O)nc1. The van der Waals surface area contributed by atoms with Crippen molar-refractivity contribution in [2.45, 2.75) is 194 Å². The Balaban J connectivity index is 0.000000413. The number of aromatic carboxylic acids is 1. The third kappa shape index (κ3) is 32.1. The van der Waals surface area contributed by atoms with E-state index in [1.165, 1.54) is 12.3 Å². The van der Waals surface area contributed by atoms with Crippen LogP contribution >= 0.6 is 0 Å². The molecule has 0 radical (unpaired) electrons. The zero-order chi connectivity index (χ0) is 71.5. The summed E-state index contributed by atoms with van der Waals surface area (Å²) in [5, 5.41) is 33.0. The molecule has 5 rings (SSSR count). The highest BCUT2D eigenvalue weighted by atomic mass is 16.6. The first kappa shape index (κ1) is 80.5. The molecule has 0 bridgehead atoms. The predicted octanol–water partition coefficient (Wildman–Crippen LogP) is 9.29. The summed E-state index contributed by atoms with van der Waals surface area (Å²) in [6.45, 7) is 15.7. The van der Waals surface area contributed by atoms with Crippen molar-refractivity contribution in [1.29, 1.82) is 0 Å². The van der Waals surface area contributed by atoms with Crippen LogP contribution in [0.1, 0.15) is 164 Å². The average Bonchev–Trinajstić information content (AvgIpc) is 0.915. The molecule has 0 aliphatic carbocycles. The van der Waals surface area contributed by atoms with Gasteiger partial charge >= 0.3 is 18.0 Å². The zero-order valence-corrected chi connectivity index (χ0v) is 57.8. The lowest BCUT2D eigenvalue weighted by molar-refractivity contribution is -0.143. The van der Waals surface area contributed by atoms with Gasteiger partial charge in [-0.3, -0.25) is 33.6 Å². The fourth-order valence-electron chi connectivity index (χ4n) is 11.0. The van der Waals surface area contributed by atoms with E-state index >= 15 is 0 Å². The number of rotatable bonds is 41. The highest BCUT2D eigenvalue weighted by molar-refractivity contribution is 5.96. The normalized spacial score (nSPS) is 13.7. The number of pyridine rings is 1. The molecule has 21 heteroatoms. The lowest BCUT2D eigenvalue weighted by Crippen LogP contribution is -2.51. The van der Waals surface area contributed by atoms with Crippen LogP contribution in [-0.2, 0) is 75.2 Å². The van der Waals surface area contributed by atoms with E-state index in [-0.39, 0.29) is 85.2 Å². The third-order valence-electron chi connectivity index (χ3n) is 16.2. The summed E-state index contributed by atoms with van der Waals surface area (Å²) >= 11 is 0. The second kappa shape index (κ2) is 42.6. The summed E-state index contributed by atoms with van der Waals surface area (Å²) in [7, 11) is 0. The van der Waals surface area contributed by atoms with Crippen molar-refractivity contribution in [2.24, 2.45) is 41.1 Å². The number of hydrogen-bond acceptors (Lipinski definition) is 14. The number of carbonyl (C=O) groups is 10. The number of nitrogens with zero attached hydrogens (tertiary/aromatic N) is 1. The second-order valence-electron chi connectivity index (χ2n) is 26.9. The van der Waals surface area contributed by atoms with Crippen LogP contribution in [0.15, 0.2) is 140 Å². The van der Waals surface area contributed by atoms with Gasteiger partial charge in [-0.1, -0.05) is 162 Å². The number of nitrogens with two attached hydrogens (primary N) is 2. The van der Waals surface area contributed by atoms with Crippen LogP contribution in [0.4, 0.5) is 4.79 Å². The van der Waals surface area contributed by atoms with E-state index in [9.17, 15) is 53.1 Å². The molecule has 5 amide bonds. The number of nitrogens with one attached hydrogen (secondary N) is 5. The van der Waals surface area contributed by atoms with Crippen molar-refractivity contribution < 1.29 is 62.9 Å². The number of aromatic nitrogens is 1.